The van der Waals surface area contributed by atoms with E-state index in [0.29, 0.717) is 18.0 Å². The van der Waals surface area contributed by atoms with E-state index < -0.39 is 11.4 Å². The Morgan fingerprint density at radius 1 is 1.21 bits per heavy atom. The molecule has 3 fully saturated rings. The second-order valence-corrected chi connectivity index (χ2v) is 6.58. The van der Waals surface area contributed by atoms with Gasteiger partial charge in [-0.05, 0) is 51.5 Å². The first-order valence-electron chi connectivity index (χ1n) is 7.68. The van der Waals surface area contributed by atoms with Crippen molar-refractivity contribution in [1.82, 2.24) is 4.90 Å². The third-order valence-corrected chi connectivity index (χ3v) is 5.91. The molecule has 0 aromatic rings. The van der Waals surface area contributed by atoms with E-state index in [4.69, 9.17) is 4.74 Å². The number of aliphatic carboxylic acids is 1. The van der Waals surface area contributed by atoms with Gasteiger partial charge >= 0.3 is 5.97 Å². The van der Waals surface area contributed by atoms with Crippen molar-refractivity contribution in [2.45, 2.75) is 57.0 Å². The van der Waals surface area contributed by atoms with E-state index in [0.717, 1.165) is 58.2 Å². The van der Waals surface area contributed by atoms with Crippen LogP contribution in [0.15, 0.2) is 0 Å². The van der Waals surface area contributed by atoms with Crippen molar-refractivity contribution in [1.29, 1.82) is 0 Å². The van der Waals surface area contributed by atoms with Crippen LogP contribution in [0.5, 0.6) is 0 Å². The van der Waals surface area contributed by atoms with Crippen LogP contribution in [-0.4, -0.2) is 48.3 Å². The normalized spacial score (nSPS) is 39.7. The molecule has 3 atom stereocenters. The Hall–Kier alpha value is -0.610. The molecule has 19 heavy (non-hydrogen) atoms. The van der Waals surface area contributed by atoms with Crippen LogP contribution in [-0.2, 0) is 9.53 Å². The summed E-state index contributed by atoms with van der Waals surface area (Å²) in [6, 6.07) is 1.06. The number of nitrogens with zero attached hydrogens (tertiary/aromatic N) is 1. The molecule has 4 nitrogen and oxygen atoms in total. The first-order valence-corrected chi connectivity index (χ1v) is 7.68. The summed E-state index contributed by atoms with van der Waals surface area (Å²) >= 11 is 0. The number of carboxylic acids is 1. The molecule has 3 aliphatic rings. The minimum atomic E-state index is -0.544. The van der Waals surface area contributed by atoms with E-state index >= 15 is 0 Å². The van der Waals surface area contributed by atoms with Crippen molar-refractivity contribution < 1.29 is 14.6 Å². The maximum absolute atomic E-state index is 11.7. The van der Waals surface area contributed by atoms with Crippen LogP contribution in [0.1, 0.15) is 44.9 Å². The fourth-order valence-electron chi connectivity index (χ4n) is 4.80. The van der Waals surface area contributed by atoms with Gasteiger partial charge in [-0.25, -0.2) is 0 Å². The Kier molecular flexibility index (Phi) is 3.56. The minimum Gasteiger partial charge on any atom is -0.481 e. The van der Waals surface area contributed by atoms with E-state index in [-0.39, 0.29) is 0 Å². The number of hydrogen-bond donors (Lipinski definition) is 1. The molecule has 1 aliphatic heterocycles. The fraction of sp³-hybridized carbons (Fsp3) is 0.933. The Morgan fingerprint density at radius 3 is 2.63 bits per heavy atom. The van der Waals surface area contributed by atoms with Crippen molar-refractivity contribution in [3.8, 4) is 0 Å². The summed E-state index contributed by atoms with van der Waals surface area (Å²) in [6.07, 6.45) is 7.22. The summed E-state index contributed by atoms with van der Waals surface area (Å²) in [5, 5.41) is 9.65. The predicted molar refractivity (Wildman–Crippen MR) is 72.0 cm³/mol. The summed E-state index contributed by atoms with van der Waals surface area (Å²) in [4.78, 5) is 14.2. The average molecular weight is 267 g/mol. The van der Waals surface area contributed by atoms with Gasteiger partial charge in [0.15, 0.2) is 0 Å². The van der Waals surface area contributed by atoms with Gasteiger partial charge < -0.3 is 9.84 Å². The quantitative estimate of drug-likeness (QED) is 0.851. The minimum absolute atomic E-state index is 0.373. The second kappa shape index (κ2) is 5.06. The van der Waals surface area contributed by atoms with Gasteiger partial charge in [0, 0.05) is 25.3 Å². The molecule has 2 saturated carbocycles. The first kappa shape index (κ1) is 13.4. The lowest BCUT2D eigenvalue weighted by Crippen LogP contribution is -2.46. The molecule has 1 saturated heterocycles. The van der Waals surface area contributed by atoms with Crippen molar-refractivity contribution in [2.24, 2.45) is 11.3 Å². The summed E-state index contributed by atoms with van der Waals surface area (Å²) in [7, 11) is 2.21. The molecule has 3 unspecified atom stereocenters. The fourth-order valence-corrected chi connectivity index (χ4v) is 4.80. The van der Waals surface area contributed by atoms with Gasteiger partial charge in [0.05, 0.1) is 5.41 Å². The molecule has 4 heteroatoms. The van der Waals surface area contributed by atoms with Gasteiger partial charge in [0.25, 0.3) is 0 Å². The highest BCUT2D eigenvalue weighted by molar-refractivity contribution is 5.76. The predicted octanol–water partition coefficient (Wildman–Crippen LogP) is 2.13. The number of carbonyl (C=O) groups is 1. The molecule has 1 heterocycles. The molecule has 3 rings (SSSR count). The molecule has 0 radical (unpaired) electrons. The van der Waals surface area contributed by atoms with Crippen LogP contribution in [0.25, 0.3) is 0 Å². The van der Waals surface area contributed by atoms with Crippen molar-refractivity contribution in [2.75, 3.05) is 20.3 Å². The monoisotopic (exact) mass is 267 g/mol. The van der Waals surface area contributed by atoms with Gasteiger partial charge in [0.2, 0.25) is 0 Å². The number of carboxylic acid groups (broad SMARTS) is 1. The molecule has 0 bridgehead atoms. The maximum Gasteiger partial charge on any atom is 0.309 e. The second-order valence-electron chi connectivity index (χ2n) is 6.58. The number of fused-ring (bicyclic) bond motifs is 1. The van der Waals surface area contributed by atoms with Crippen LogP contribution >= 0.6 is 0 Å². The van der Waals surface area contributed by atoms with E-state index in [1.165, 1.54) is 0 Å². The van der Waals surface area contributed by atoms with E-state index in [2.05, 4.69) is 11.9 Å². The zero-order valence-electron chi connectivity index (χ0n) is 11.8. The maximum atomic E-state index is 11.7. The van der Waals surface area contributed by atoms with Crippen LogP contribution < -0.4 is 0 Å². The molecule has 0 amide bonds. The lowest BCUT2D eigenvalue weighted by Gasteiger charge is -2.39. The average Bonchev–Trinajstić information content (AvgIpc) is 2.98. The van der Waals surface area contributed by atoms with Gasteiger partial charge in [-0.2, -0.15) is 0 Å². The highest BCUT2D eigenvalue weighted by atomic mass is 16.5. The molecule has 0 aromatic heterocycles. The molecule has 0 spiro atoms. The van der Waals surface area contributed by atoms with Gasteiger partial charge in [-0.3, -0.25) is 9.69 Å². The lowest BCUT2D eigenvalue weighted by molar-refractivity contribution is -0.150. The number of hydrogen-bond acceptors (Lipinski definition) is 3. The standard InChI is InChI=1S/C15H25NO3/c1-16(11-5-9-19-10-6-11)13-4-8-15(14(17)18)7-2-3-12(13)15/h11-13H,2-10H2,1H3,(H,17,18). The third kappa shape index (κ3) is 2.09. The molecule has 2 aliphatic carbocycles. The zero-order valence-corrected chi connectivity index (χ0v) is 11.8. The topological polar surface area (TPSA) is 49.8 Å². The van der Waals surface area contributed by atoms with Crippen molar-refractivity contribution in [3.63, 3.8) is 0 Å². The van der Waals surface area contributed by atoms with E-state index in [1.807, 2.05) is 0 Å². The first-order chi connectivity index (χ1) is 9.15. The molecule has 0 aromatic carbocycles. The number of rotatable bonds is 3. The van der Waals surface area contributed by atoms with Crippen LogP contribution in [0.2, 0.25) is 0 Å². The van der Waals surface area contributed by atoms with Gasteiger partial charge in [-0.1, -0.05) is 6.42 Å². The Bertz CT molecular complexity index is 353. The van der Waals surface area contributed by atoms with Crippen LogP contribution in [0.3, 0.4) is 0 Å². The highest BCUT2D eigenvalue weighted by Gasteiger charge is 2.57. The summed E-state index contributed by atoms with van der Waals surface area (Å²) in [6.45, 7) is 1.72. The molecular weight excluding hydrogens is 242 g/mol. The highest BCUT2D eigenvalue weighted by Crippen LogP contribution is 2.55. The summed E-state index contributed by atoms with van der Waals surface area (Å²) in [5.74, 6) is -0.171. The van der Waals surface area contributed by atoms with Gasteiger partial charge in [-0.15, -0.1) is 0 Å². The summed E-state index contributed by atoms with van der Waals surface area (Å²) in [5.41, 5.74) is -0.399. The zero-order chi connectivity index (χ0) is 13.5. The van der Waals surface area contributed by atoms with Crippen LogP contribution in [0.4, 0.5) is 0 Å². The van der Waals surface area contributed by atoms with Crippen molar-refractivity contribution in [3.05, 3.63) is 0 Å². The Labute approximate surface area is 115 Å². The van der Waals surface area contributed by atoms with E-state index in [9.17, 15) is 9.90 Å². The Balaban J connectivity index is 1.73. The van der Waals surface area contributed by atoms with Crippen molar-refractivity contribution >= 4 is 5.97 Å². The summed E-state index contributed by atoms with van der Waals surface area (Å²) < 4.78 is 5.44. The Morgan fingerprint density at radius 2 is 1.95 bits per heavy atom. The number of ether oxygens (including phenoxy) is 1. The van der Waals surface area contributed by atoms with Gasteiger partial charge in [0.1, 0.15) is 0 Å². The third-order valence-electron chi connectivity index (χ3n) is 5.91. The largest absolute Gasteiger partial charge is 0.481 e. The smallest absolute Gasteiger partial charge is 0.309 e. The van der Waals surface area contributed by atoms with Crippen LogP contribution in [0, 0.1) is 11.3 Å². The molecule has 1 N–H and O–H groups in total. The SMILES string of the molecule is CN(C1CCOCC1)C1CCC2(C(=O)O)CCCC12. The molecule has 108 valence electrons. The lowest BCUT2D eigenvalue weighted by atomic mass is 9.79. The molecular formula is C15H25NO3. The van der Waals surface area contributed by atoms with E-state index in [1.54, 1.807) is 0 Å².